The molecule has 0 saturated carbocycles. The topological polar surface area (TPSA) is 42.0 Å². The largest absolute Gasteiger partial charge is 0.351 e. The van der Waals surface area contributed by atoms with Gasteiger partial charge in [0.15, 0.2) is 0 Å². The highest BCUT2D eigenvalue weighted by Crippen LogP contribution is 2.20. The molecule has 1 aromatic heterocycles. The number of carbonyl (C=O) groups excluding carboxylic acids is 1. The highest BCUT2D eigenvalue weighted by Gasteiger charge is 2.15. The van der Waals surface area contributed by atoms with Gasteiger partial charge in [0, 0.05) is 19.0 Å². The molecule has 2 aromatic rings. The number of halogens is 2. The number of rotatable bonds is 6. The van der Waals surface area contributed by atoms with E-state index in [1.54, 1.807) is 0 Å². The molecule has 0 fully saturated rings. The van der Waals surface area contributed by atoms with E-state index in [9.17, 15) is 13.6 Å². The van der Waals surface area contributed by atoms with E-state index in [4.69, 9.17) is 0 Å². The van der Waals surface area contributed by atoms with E-state index in [0.29, 0.717) is 29.3 Å². The molecule has 1 amide bonds. The van der Waals surface area contributed by atoms with Gasteiger partial charge < -0.3 is 5.32 Å². The van der Waals surface area contributed by atoms with Crippen molar-refractivity contribution < 1.29 is 13.6 Å². The highest BCUT2D eigenvalue weighted by atomic mass is 32.1. The first-order chi connectivity index (χ1) is 10.8. The SMILES string of the molecule is Cc1nc(CC(C)C)sc1C(=O)NCCc1cc(F)cc(F)c1. The van der Waals surface area contributed by atoms with Crippen LogP contribution in [0.3, 0.4) is 0 Å². The summed E-state index contributed by atoms with van der Waals surface area (Å²) >= 11 is 1.40. The van der Waals surface area contributed by atoms with Crippen molar-refractivity contribution in [3.05, 3.63) is 51.0 Å². The van der Waals surface area contributed by atoms with E-state index < -0.39 is 11.6 Å². The van der Waals surface area contributed by atoms with Crippen molar-refractivity contribution >= 4 is 17.2 Å². The van der Waals surface area contributed by atoms with Crippen LogP contribution < -0.4 is 5.32 Å². The molecule has 0 spiro atoms. The Morgan fingerprint density at radius 1 is 1.26 bits per heavy atom. The number of nitrogens with one attached hydrogen (secondary N) is 1. The molecule has 1 heterocycles. The molecule has 23 heavy (non-hydrogen) atoms. The van der Waals surface area contributed by atoms with Crippen molar-refractivity contribution in [3.63, 3.8) is 0 Å². The van der Waals surface area contributed by atoms with Crippen LogP contribution in [0.2, 0.25) is 0 Å². The Hall–Kier alpha value is -1.82. The zero-order chi connectivity index (χ0) is 17.0. The predicted molar refractivity (Wildman–Crippen MR) is 87.8 cm³/mol. The van der Waals surface area contributed by atoms with Crippen molar-refractivity contribution in [2.75, 3.05) is 6.54 Å². The van der Waals surface area contributed by atoms with Crippen LogP contribution in [0.25, 0.3) is 0 Å². The number of carbonyl (C=O) groups is 1. The van der Waals surface area contributed by atoms with Crippen molar-refractivity contribution in [2.24, 2.45) is 5.92 Å². The van der Waals surface area contributed by atoms with Gasteiger partial charge in [-0.3, -0.25) is 4.79 Å². The van der Waals surface area contributed by atoms with Crippen molar-refractivity contribution in [2.45, 2.75) is 33.6 Å². The van der Waals surface area contributed by atoms with Gasteiger partial charge in [-0.25, -0.2) is 13.8 Å². The second-order valence-corrected chi connectivity index (χ2v) is 6.99. The van der Waals surface area contributed by atoms with Crippen LogP contribution in [-0.2, 0) is 12.8 Å². The summed E-state index contributed by atoms with van der Waals surface area (Å²) in [5.74, 6) is -0.919. The van der Waals surface area contributed by atoms with Crippen LogP contribution in [0, 0.1) is 24.5 Å². The Kier molecular flexibility index (Phi) is 5.82. The van der Waals surface area contributed by atoms with Gasteiger partial charge in [-0.1, -0.05) is 13.8 Å². The highest BCUT2D eigenvalue weighted by molar-refractivity contribution is 7.13. The number of benzene rings is 1. The number of thiazole rings is 1. The molecule has 2 rings (SSSR count). The predicted octanol–water partition coefficient (Wildman–Crippen LogP) is 3.90. The Morgan fingerprint density at radius 2 is 1.91 bits per heavy atom. The van der Waals surface area contributed by atoms with Gasteiger partial charge in [0.1, 0.15) is 16.5 Å². The Morgan fingerprint density at radius 3 is 2.52 bits per heavy atom. The van der Waals surface area contributed by atoms with Crippen LogP contribution in [0.4, 0.5) is 8.78 Å². The average molecular weight is 338 g/mol. The minimum atomic E-state index is -0.608. The number of hydrogen-bond acceptors (Lipinski definition) is 3. The molecular formula is C17H20F2N2OS. The van der Waals surface area contributed by atoms with E-state index in [2.05, 4.69) is 24.1 Å². The molecule has 0 saturated heterocycles. The second-order valence-electron chi connectivity index (χ2n) is 5.90. The van der Waals surface area contributed by atoms with Crippen molar-refractivity contribution in [3.8, 4) is 0 Å². The van der Waals surface area contributed by atoms with E-state index in [1.807, 2.05) is 6.92 Å². The first-order valence-corrected chi connectivity index (χ1v) is 8.36. The number of nitrogens with zero attached hydrogens (tertiary/aromatic N) is 1. The van der Waals surface area contributed by atoms with Crippen molar-refractivity contribution in [1.29, 1.82) is 0 Å². The Labute approximate surface area is 138 Å². The number of amides is 1. The maximum absolute atomic E-state index is 13.1. The van der Waals surface area contributed by atoms with Crippen LogP contribution in [0.15, 0.2) is 18.2 Å². The van der Waals surface area contributed by atoms with Crippen LogP contribution in [0.5, 0.6) is 0 Å². The molecule has 6 heteroatoms. The Bertz CT molecular complexity index is 678. The van der Waals surface area contributed by atoms with E-state index in [-0.39, 0.29) is 5.91 Å². The van der Waals surface area contributed by atoms with E-state index in [1.165, 1.54) is 23.5 Å². The first kappa shape index (κ1) is 17.5. The average Bonchev–Trinajstić information content (AvgIpc) is 2.77. The third-order valence-electron chi connectivity index (χ3n) is 3.25. The first-order valence-electron chi connectivity index (χ1n) is 7.54. The van der Waals surface area contributed by atoms with Gasteiger partial charge in [-0.2, -0.15) is 0 Å². The summed E-state index contributed by atoms with van der Waals surface area (Å²) in [5, 5.41) is 3.73. The van der Waals surface area contributed by atoms with Gasteiger partial charge in [0.2, 0.25) is 0 Å². The van der Waals surface area contributed by atoms with Gasteiger partial charge in [0.05, 0.1) is 10.7 Å². The van der Waals surface area contributed by atoms with E-state index >= 15 is 0 Å². The fourth-order valence-corrected chi connectivity index (χ4v) is 3.45. The van der Waals surface area contributed by atoms with Crippen LogP contribution in [-0.4, -0.2) is 17.4 Å². The van der Waals surface area contributed by atoms with Crippen LogP contribution >= 0.6 is 11.3 Å². The zero-order valence-electron chi connectivity index (χ0n) is 13.5. The fourth-order valence-electron chi connectivity index (χ4n) is 2.26. The molecule has 0 aliphatic carbocycles. The number of hydrogen-bond donors (Lipinski definition) is 1. The summed E-state index contributed by atoms with van der Waals surface area (Å²) in [6.45, 7) is 6.35. The molecule has 124 valence electrons. The lowest BCUT2D eigenvalue weighted by atomic mass is 10.1. The summed E-state index contributed by atoms with van der Waals surface area (Å²) in [4.78, 5) is 17.2. The third-order valence-corrected chi connectivity index (χ3v) is 4.43. The number of aryl methyl sites for hydroxylation is 1. The third kappa shape index (κ3) is 5.10. The molecule has 0 bridgehead atoms. The Balaban J connectivity index is 1.93. The molecule has 0 atom stereocenters. The standard InChI is InChI=1S/C17H20F2N2OS/c1-10(2)6-15-21-11(3)16(23-15)17(22)20-5-4-12-7-13(18)9-14(19)8-12/h7-10H,4-6H2,1-3H3,(H,20,22). The lowest BCUT2D eigenvalue weighted by Gasteiger charge is -2.05. The molecule has 0 radical (unpaired) electrons. The van der Waals surface area contributed by atoms with Gasteiger partial charge in [-0.15, -0.1) is 11.3 Å². The summed E-state index contributed by atoms with van der Waals surface area (Å²) in [7, 11) is 0. The normalized spacial score (nSPS) is 11.0. The van der Waals surface area contributed by atoms with Gasteiger partial charge in [0.25, 0.3) is 5.91 Å². The number of aromatic nitrogens is 1. The minimum Gasteiger partial charge on any atom is -0.351 e. The molecule has 1 N–H and O–H groups in total. The fraction of sp³-hybridized carbons (Fsp3) is 0.412. The van der Waals surface area contributed by atoms with Crippen molar-refractivity contribution in [1.82, 2.24) is 10.3 Å². The summed E-state index contributed by atoms with van der Waals surface area (Å²) in [6.07, 6.45) is 1.22. The molecule has 1 aromatic carbocycles. The molecule has 0 aliphatic rings. The van der Waals surface area contributed by atoms with Crippen LogP contribution in [0.1, 0.15) is 39.8 Å². The van der Waals surface area contributed by atoms with Gasteiger partial charge in [-0.05, 0) is 37.0 Å². The minimum absolute atomic E-state index is 0.188. The summed E-state index contributed by atoms with van der Waals surface area (Å²) < 4.78 is 26.2. The summed E-state index contributed by atoms with van der Waals surface area (Å²) in [6, 6.07) is 3.38. The maximum Gasteiger partial charge on any atom is 0.263 e. The lowest BCUT2D eigenvalue weighted by molar-refractivity contribution is 0.0957. The van der Waals surface area contributed by atoms with Gasteiger partial charge >= 0.3 is 0 Å². The monoisotopic (exact) mass is 338 g/mol. The molecular weight excluding hydrogens is 318 g/mol. The van der Waals surface area contributed by atoms with E-state index in [0.717, 1.165) is 23.2 Å². The quantitative estimate of drug-likeness (QED) is 0.868. The molecule has 0 aliphatic heterocycles. The molecule has 0 unspecified atom stereocenters. The lowest BCUT2D eigenvalue weighted by Crippen LogP contribution is -2.25. The zero-order valence-corrected chi connectivity index (χ0v) is 14.3. The molecule has 3 nitrogen and oxygen atoms in total. The summed E-state index contributed by atoms with van der Waals surface area (Å²) in [5.41, 5.74) is 1.24. The second kappa shape index (κ2) is 7.64. The maximum atomic E-state index is 13.1. The smallest absolute Gasteiger partial charge is 0.263 e.